The zero-order valence-corrected chi connectivity index (χ0v) is 29.5. The Morgan fingerprint density at radius 3 is 1.60 bits per heavy atom. The predicted molar refractivity (Wildman–Crippen MR) is 179 cm³/mol. The molecule has 0 aliphatic carbocycles. The fourth-order valence-corrected chi connectivity index (χ4v) is 6.27. The number of hydrazine groups is 1. The summed E-state index contributed by atoms with van der Waals surface area (Å²) in [6.45, 7) is 28.7. The Balaban J connectivity index is 2.07. The van der Waals surface area contributed by atoms with E-state index in [1.54, 1.807) is 11.7 Å². The second-order valence-corrected chi connectivity index (χ2v) is 17.0. The van der Waals surface area contributed by atoms with Crippen molar-refractivity contribution in [3.63, 3.8) is 0 Å². The fraction of sp³-hybridized carbons (Fsp3) is 0.588. The molecule has 2 aromatic carbocycles. The molecule has 0 aromatic heterocycles. The van der Waals surface area contributed by atoms with E-state index < -0.39 is 8.45 Å². The van der Waals surface area contributed by atoms with Crippen molar-refractivity contribution in [2.45, 2.75) is 131 Å². The van der Waals surface area contributed by atoms with Crippen LogP contribution in [0, 0.1) is 0 Å². The molecular weight excluding hydrogens is 559 g/mol. The van der Waals surface area contributed by atoms with Crippen LogP contribution in [0.15, 0.2) is 29.4 Å². The maximum Gasteiger partial charge on any atom is 0.345 e. The van der Waals surface area contributed by atoms with Crippen LogP contribution in [0.3, 0.4) is 0 Å². The van der Waals surface area contributed by atoms with Gasteiger partial charge < -0.3 is 14.7 Å². The van der Waals surface area contributed by atoms with Crippen molar-refractivity contribution in [3.05, 3.63) is 52.1 Å². The molecule has 2 atom stereocenters. The summed E-state index contributed by atoms with van der Waals surface area (Å²) < 4.78 is 8.21. The Morgan fingerprint density at radius 2 is 1.23 bits per heavy atom. The molecule has 3 rings (SSSR count). The van der Waals surface area contributed by atoms with E-state index in [4.69, 9.17) is 4.52 Å². The molecule has 1 heterocycles. The number of carbonyl (C=O) groups excluding carboxylic acids is 1. The van der Waals surface area contributed by atoms with Gasteiger partial charge in [0.1, 0.15) is 11.5 Å². The first-order valence-electron chi connectivity index (χ1n) is 15.1. The number of carbonyl (C=O) groups is 1. The van der Waals surface area contributed by atoms with Crippen LogP contribution in [0.4, 0.5) is 5.69 Å². The number of amides is 1. The number of phenols is 2. The number of rotatable bonds is 6. The Morgan fingerprint density at radius 1 is 0.837 bits per heavy atom. The number of hydrazone groups is 1. The Hall–Kier alpha value is -2.99. The average Bonchev–Trinajstić information content (AvgIpc) is 3.34. The summed E-state index contributed by atoms with van der Waals surface area (Å²) in [6, 6.07) is 7.92. The smallest absolute Gasteiger partial charge is 0.345 e. The minimum absolute atomic E-state index is 0.166. The van der Waals surface area contributed by atoms with Gasteiger partial charge in [-0.25, -0.2) is 9.98 Å². The summed E-state index contributed by atoms with van der Waals surface area (Å²) in [4.78, 5) is 12.8. The van der Waals surface area contributed by atoms with Gasteiger partial charge in [-0.05, 0) is 57.4 Å². The van der Waals surface area contributed by atoms with Crippen LogP contribution in [0.2, 0.25) is 0 Å². The molecule has 1 aliphatic heterocycles. The van der Waals surface area contributed by atoms with Crippen molar-refractivity contribution >= 4 is 25.9 Å². The summed E-state index contributed by atoms with van der Waals surface area (Å²) in [5.74, 6) is 0.705. The van der Waals surface area contributed by atoms with Crippen LogP contribution in [-0.2, 0) is 31.0 Å². The number of nitrogens with one attached hydrogen (secondary N) is 2. The van der Waals surface area contributed by atoms with Crippen molar-refractivity contribution in [1.82, 2.24) is 10.6 Å². The topological polar surface area (TPSA) is 106 Å². The van der Waals surface area contributed by atoms with Gasteiger partial charge in [-0.2, -0.15) is 0 Å². The van der Waals surface area contributed by atoms with Crippen LogP contribution < -0.4 is 15.4 Å². The standard InChI is InChI=1S/C34H53N4O4P/c1-15-27(39)36-38(22-18-25(33(9,10)11)29(41)26(19-22)34(12,13)14)43-37-35-30(42-43)20(2)21-16-23(31(3,4)5)28(40)24(17-21)32(6,7)8/h16-20,37,40-41H,15H2,1-14H3,(H,36,39). The summed E-state index contributed by atoms with van der Waals surface area (Å²) in [5.41, 5.74) is 6.80. The van der Waals surface area contributed by atoms with Gasteiger partial charge in [0.25, 0.3) is 0 Å². The molecule has 0 radical (unpaired) electrons. The minimum Gasteiger partial charge on any atom is -0.507 e. The van der Waals surface area contributed by atoms with E-state index in [2.05, 4.69) is 98.8 Å². The highest BCUT2D eigenvalue weighted by Gasteiger charge is 2.36. The first-order chi connectivity index (χ1) is 19.5. The molecule has 4 N–H and O–H groups in total. The first kappa shape index (κ1) is 34.5. The number of aromatic hydroxyl groups is 2. The molecule has 8 nitrogen and oxygen atoms in total. The molecule has 238 valence electrons. The lowest BCUT2D eigenvalue weighted by Crippen LogP contribution is -2.40. The van der Waals surface area contributed by atoms with Crippen molar-refractivity contribution in [2.24, 2.45) is 5.10 Å². The summed E-state index contributed by atoms with van der Waals surface area (Å²) in [6.07, 6.45) is 0.290. The maximum absolute atomic E-state index is 12.8. The van der Waals surface area contributed by atoms with Gasteiger partial charge in [-0.1, -0.05) is 102 Å². The lowest BCUT2D eigenvalue weighted by atomic mass is 9.77. The molecule has 2 aromatic rings. The molecule has 0 fully saturated rings. The SMILES string of the molecule is CCC(=O)NN(c1cc(C(C)(C)C)c(O)c(C(C)(C)C)c1)P1NN=C(C(C)c2cc(C(C)(C)C)c(O)c(C(C)(C)C)c2)O1. The van der Waals surface area contributed by atoms with Gasteiger partial charge >= 0.3 is 8.45 Å². The van der Waals surface area contributed by atoms with Crippen molar-refractivity contribution < 1.29 is 19.5 Å². The quantitative estimate of drug-likeness (QED) is 0.193. The molecule has 0 saturated heterocycles. The fourth-order valence-electron chi connectivity index (χ4n) is 4.97. The summed E-state index contributed by atoms with van der Waals surface area (Å²) in [7, 11) is -1.64. The molecule has 0 spiro atoms. The lowest BCUT2D eigenvalue weighted by molar-refractivity contribution is -0.120. The number of hydrogen-bond donors (Lipinski definition) is 4. The predicted octanol–water partition coefficient (Wildman–Crippen LogP) is 8.50. The van der Waals surface area contributed by atoms with Gasteiger partial charge in [0.05, 0.1) is 11.6 Å². The van der Waals surface area contributed by atoms with Crippen LogP contribution in [0.5, 0.6) is 11.5 Å². The second kappa shape index (κ2) is 11.8. The highest BCUT2D eigenvalue weighted by atomic mass is 31.2. The van der Waals surface area contributed by atoms with E-state index in [0.717, 1.165) is 27.8 Å². The third kappa shape index (κ3) is 7.57. The second-order valence-electron chi connectivity index (χ2n) is 15.7. The highest BCUT2D eigenvalue weighted by Crippen LogP contribution is 2.49. The normalized spacial score (nSPS) is 16.7. The van der Waals surface area contributed by atoms with E-state index in [1.165, 1.54) is 0 Å². The van der Waals surface area contributed by atoms with E-state index in [9.17, 15) is 15.0 Å². The van der Waals surface area contributed by atoms with Crippen LogP contribution in [0.25, 0.3) is 0 Å². The molecule has 1 aliphatic rings. The van der Waals surface area contributed by atoms with E-state index in [0.29, 0.717) is 23.8 Å². The van der Waals surface area contributed by atoms with Crippen molar-refractivity contribution in [3.8, 4) is 11.5 Å². The molecule has 2 unspecified atom stereocenters. The number of hydrogen-bond acceptors (Lipinski definition) is 7. The van der Waals surface area contributed by atoms with E-state index in [-0.39, 0.29) is 39.2 Å². The van der Waals surface area contributed by atoms with Gasteiger partial charge in [0, 0.05) is 17.5 Å². The number of benzene rings is 2. The Kier molecular flexibility index (Phi) is 9.49. The zero-order chi connectivity index (χ0) is 32.9. The molecule has 0 bridgehead atoms. The number of anilines is 1. The summed E-state index contributed by atoms with van der Waals surface area (Å²) in [5, 5.41) is 30.3. The molecule has 1 amide bonds. The Bertz CT molecular complexity index is 1320. The summed E-state index contributed by atoms with van der Waals surface area (Å²) >= 11 is 0. The van der Waals surface area contributed by atoms with Gasteiger partial charge in [-0.3, -0.25) is 10.2 Å². The van der Waals surface area contributed by atoms with Crippen molar-refractivity contribution in [1.29, 1.82) is 0 Å². The average molecular weight is 613 g/mol. The monoisotopic (exact) mass is 612 g/mol. The largest absolute Gasteiger partial charge is 0.507 e. The van der Waals surface area contributed by atoms with Crippen LogP contribution in [0.1, 0.15) is 137 Å². The third-order valence-electron chi connectivity index (χ3n) is 7.73. The molecular formula is C34H53N4O4P. The van der Waals surface area contributed by atoms with E-state index >= 15 is 0 Å². The van der Waals surface area contributed by atoms with Crippen LogP contribution in [-0.4, -0.2) is 22.0 Å². The van der Waals surface area contributed by atoms with E-state index in [1.807, 2.05) is 31.2 Å². The van der Waals surface area contributed by atoms with Crippen molar-refractivity contribution in [2.75, 3.05) is 4.78 Å². The Labute approximate surface area is 260 Å². The molecule has 9 heteroatoms. The van der Waals surface area contributed by atoms with Crippen LogP contribution >= 0.6 is 8.45 Å². The van der Waals surface area contributed by atoms with Gasteiger partial charge in [0.2, 0.25) is 11.8 Å². The minimum atomic E-state index is -1.64. The maximum atomic E-state index is 12.8. The number of nitrogens with zero attached hydrogens (tertiary/aromatic N) is 2. The lowest BCUT2D eigenvalue weighted by Gasteiger charge is -2.33. The van der Waals surface area contributed by atoms with Gasteiger partial charge in [-0.15, -0.1) is 5.10 Å². The highest BCUT2D eigenvalue weighted by molar-refractivity contribution is 7.53. The molecule has 0 saturated carbocycles. The van der Waals surface area contributed by atoms with Gasteiger partial charge in [0.15, 0.2) is 0 Å². The number of phenolic OH excluding ortho intramolecular Hbond substituents is 2. The third-order valence-corrected chi connectivity index (χ3v) is 9.06. The molecule has 43 heavy (non-hydrogen) atoms. The first-order valence-corrected chi connectivity index (χ1v) is 16.3. The zero-order valence-electron chi connectivity index (χ0n) is 28.6.